The van der Waals surface area contributed by atoms with Crippen molar-refractivity contribution < 1.29 is 4.57 Å². The maximum absolute atomic E-state index is 17.2. The van der Waals surface area contributed by atoms with Gasteiger partial charge >= 0.3 is 0 Å². The Bertz CT molecular complexity index is 2880. The predicted octanol–water partition coefficient (Wildman–Crippen LogP) is 12.6. The molecule has 1 spiro atoms. The number of hydrogen-bond acceptors (Lipinski definition) is 2. The van der Waals surface area contributed by atoms with Gasteiger partial charge in [0.2, 0.25) is 0 Å². The van der Waals surface area contributed by atoms with Gasteiger partial charge in [0, 0.05) is 33.2 Å². The smallest absolute Gasteiger partial charge is 0.171 e. The van der Waals surface area contributed by atoms with Crippen molar-refractivity contribution in [1.82, 2.24) is 0 Å². The minimum absolute atomic E-state index is 0.0784. The molecule has 11 rings (SSSR count). The highest BCUT2D eigenvalue weighted by molar-refractivity contribution is 7.85. The van der Waals surface area contributed by atoms with Gasteiger partial charge in [0.05, 0.1) is 11.0 Å². The molecule has 0 bridgehead atoms. The molecule has 2 aliphatic heterocycles. The Balaban J connectivity index is 1.26. The van der Waals surface area contributed by atoms with Crippen LogP contribution < -0.4 is 20.8 Å². The van der Waals surface area contributed by atoms with E-state index in [4.69, 9.17) is 0 Å². The van der Waals surface area contributed by atoms with Crippen LogP contribution in [0.15, 0.2) is 231 Å². The maximum atomic E-state index is 17.2. The van der Waals surface area contributed by atoms with Crippen LogP contribution in [0.5, 0.6) is 0 Å². The molecule has 2 nitrogen and oxygen atoms in total. The van der Waals surface area contributed by atoms with Crippen LogP contribution in [0.1, 0.15) is 23.6 Å². The van der Waals surface area contributed by atoms with Crippen LogP contribution in [-0.2, 0) is 9.98 Å². The summed E-state index contributed by atoms with van der Waals surface area (Å²) in [5.74, 6) is -0.0784. The average Bonchev–Trinajstić information content (AvgIpc) is 3.31. The van der Waals surface area contributed by atoms with Crippen LogP contribution in [0.25, 0.3) is 33.4 Å². The van der Waals surface area contributed by atoms with E-state index >= 15 is 4.57 Å². The first-order valence-corrected chi connectivity index (χ1v) is 22.2. The van der Waals surface area contributed by atoms with E-state index in [1.807, 2.05) is 12.1 Å². The third kappa shape index (κ3) is 5.23. The summed E-state index contributed by atoms with van der Waals surface area (Å²) in [6.45, 7) is 2.38. The molecular formula is C56H42NOP. The highest BCUT2D eigenvalue weighted by atomic mass is 31.2. The highest BCUT2D eigenvalue weighted by Gasteiger charge is 2.62. The number of para-hydroxylation sites is 1. The van der Waals surface area contributed by atoms with Crippen molar-refractivity contribution in [2.75, 3.05) is 4.90 Å². The first-order chi connectivity index (χ1) is 29.0. The van der Waals surface area contributed by atoms with Crippen molar-refractivity contribution in [2.45, 2.75) is 17.9 Å². The molecule has 2 atom stereocenters. The summed E-state index contributed by atoms with van der Waals surface area (Å²) in [6, 6.07) is 73.5. The molecule has 0 fully saturated rings. The number of fused-ring (bicyclic) bond motifs is 8. The van der Waals surface area contributed by atoms with E-state index in [0.717, 1.165) is 66.2 Å². The molecule has 0 N–H and O–H groups in total. The summed E-state index contributed by atoms with van der Waals surface area (Å²) < 4.78 is 17.2. The molecule has 2 heterocycles. The maximum Gasteiger partial charge on any atom is 0.171 e. The molecule has 0 radical (unpaired) electrons. The molecule has 282 valence electrons. The van der Waals surface area contributed by atoms with Gasteiger partial charge in [-0.05, 0) is 99.5 Å². The number of nitrogens with zero attached hydrogens (tertiary/aromatic N) is 1. The monoisotopic (exact) mass is 775 g/mol. The molecule has 1 unspecified atom stereocenters. The molecule has 0 saturated heterocycles. The Kier molecular flexibility index (Phi) is 8.22. The Labute approximate surface area is 346 Å². The normalized spacial score (nSPS) is 22.3. The van der Waals surface area contributed by atoms with Crippen LogP contribution in [-0.4, -0.2) is 5.54 Å². The number of allylic oxidation sites excluding steroid dienone is 2. The Morgan fingerprint density at radius 2 is 0.949 bits per heavy atom. The fraction of sp³-hybridized carbons (Fsp3) is 0.0714. The van der Waals surface area contributed by atoms with E-state index in [2.05, 4.69) is 230 Å². The van der Waals surface area contributed by atoms with Crippen molar-refractivity contribution in [3.05, 3.63) is 247 Å². The summed E-state index contributed by atoms with van der Waals surface area (Å²) in [5, 5.41) is 2.64. The van der Waals surface area contributed by atoms with E-state index < -0.39 is 18.1 Å². The summed E-state index contributed by atoms with van der Waals surface area (Å²) in [5.41, 5.74) is 11.1. The van der Waals surface area contributed by atoms with Crippen molar-refractivity contribution in [2.24, 2.45) is 5.92 Å². The van der Waals surface area contributed by atoms with Crippen molar-refractivity contribution in [3.8, 4) is 33.4 Å². The number of rotatable bonds is 5. The van der Waals surface area contributed by atoms with Crippen LogP contribution in [0, 0.1) is 5.92 Å². The number of benzene rings is 8. The lowest BCUT2D eigenvalue weighted by molar-refractivity contribution is 0.300. The van der Waals surface area contributed by atoms with E-state index in [1.54, 1.807) is 0 Å². The second kappa shape index (κ2) is 13.7. The largest absolute Gasteiger partial charge is 0.331 e. The topological polar surface area (TPSA) is 20.3 Å². The van der Waals surface area contributed by atoms with Gasteiger partial charge in [0.1, 0.15) is 0 Å². The quantitative estimate of drug-likeness (QED) is 0.162. The lowest BCUT2D eigenvalue weighted by atomic mass is 9.52. The molecule has 3 heteroatoms. The van der Waals surface area contributed by atoms with Crippen LogP contribution in [0.3, 0.4) is 0 Å². The van der Waals surface area contributed by atoms with Gasteiger partial charge in [-0.2, -0.15) is 0 Å². The number of anilines is 2. The predicted molar refractivity (Wildman–Crippen MR) is 247 cm³/mol. The van der Waals surface area contributed by atoms with Gasteiger partial charge in [0.15, 0.2) is 7.14 Å². The Morgan fingerprint density at radius 3 is 1.51 bits per heavy atom. The number of hydrogen-bond donors (Lipinski definition) is 0. The molecule has 59 heavy (non-hydrogen) atoms. The minimum Gasteiger partial charge on any atom is -0.331 e. The van der Waals surface area contributed by atoms with Gasteiger partial charge in [-0.25, -0.2) is 0 Å². The van der Waals surface area contributed by atoms with E-state index in [9.17, 15) is 0 Å². The van der Waals surface area contributed by atoms with Gasteiger partial charge in [0.25, 0.3) is 0 Å². The van der Waals surface area contributed by atoms with Crippen molar-refractivity contribution in [3.63, 3.8) is 0 Å². The highest BCUT2D eigenvalue weighted by Crippen LogP contribution is 2.65. The first-order valence-electron chi connectivity index (χ1n) is 20.5. The van der Waals surface area contributed by atoms with Gasteiger partial charge in [-0.1, -0.05) is 188 Å². The SMILES string of the molecule is C[C@@]12C=CC=CC1C1(c3cc(-c4ccccc4)ccc3N2c2ccccc2)c2ccccc2P(=O)(c2cc(-c3ccccc3)cc(-c3ccccc3)c2)c2ccccc21. The zero-order valence-electron chi connectivity index (χ0n) is 32.8. The molecule has 0 amide bonds. The standard InChI is InChI=1S/C56H42NOP/c1-55-35-19-18-32-54(55)56(50-39-43(40-20-6-2-7-21-40)33-34-51(50)57(55)46-26-12-5-13-27-46)48-28-14-16-30-52(48)59(58,53-31-17-15-29-49(53)56)47-37-44(41-22-8-3-9-23-41)36-45(38-47)42-24-10-4-11-25-42/h2-39,54H,1H3/t54?,55-,56?,59?/m1/s1. The molecule has 1 aliphatic carbocycles. The van der Waals surface area contributed by atoms with Gasteiger partial charge in [-0.15, -0.1) is 0 Å². The molecule has 0 aromatic heterocycles. The molecule has 0 saturated carbocycles. The zero-order valence-corrected chi connectivity index (χ0v) is 33.7. The van der Waals surface area contributed by atoms with E-state index in [1.165, 1.54) is 11.1 Å². The molecule has 3 aliphatic rings. The fourth-order valence-electron chi connectivity index (χ4n) is 10.5. The Morgan fingerprint density at radius 1 is 0.458 bits per heavy atom. The van der Waals surface area contributed by atoms with Gasteiger partial charge < -0.3 is 9.46 Å². The third-order valence-electron chi connectivity index (χ3n) is 13.0. The van der Waals surface area contributed by atoms with E-state index in [0.29, 0.717) is 0 Å². The zero-order chi connectivity index (χ0) is 39.6. The Hall–Kier alpha value is -6.73. The second-order valence-corrected chi connectivity index (χ2v) is 18.9. The average molecular weight is 776 g/mol. The third-order valence-corrected chi connectivity index (χ3v) is 16.2. The lowest BCUT2D eigenvalue weighted by Crippen LogP contribution is -2.63. The summed E-state index contributed by atoms with van der Waals surface area (Å²) >= 11 is 0. The second-order valence-electron chi connectivity index (χ2n) is 16.2. The summed E-state index contributed by atoms with van der Waals surface area (Å²) in [6.07, 6.45) is 9.23. The molecule has 8 aromatic rings. The van der Waals surface area contributed by atoms with E-state index in [-0.39, 0.29) is 5.92 Å². The van der Waals surface area contributed by atoms with Gasteiger partial charge in [-0.3, -0.25) is 0 Å². The van der Waals surface area contributed by atoms with Crippen LogP contribution in [0.2, 0.25) is 0 Å². The summed E-state index contributed by atoms with van der Waals surface area (Å²) in [7, 11) is -3.51. The minimum atomic E-state index is -3.51. The molecular weight excluding hydrogens is 734 g/mol. The van der Waals surface area contributed by atoms with Crippen molar-refractivity contribution in [1.29, 1.82) is 0 Å². The van der Waals surface area contributed by atoms with Crippen LogP contribution >= 0.6 is 7.14 Å². The van der Waals surface area contributed by atoms with Crippen LogP contribution in [0.4, 0.5) is 11.4 Å². The molecule has 8 aromatic carbocycles. The first kappa shape index (κ1) is 35.4. The fourth-order valence-corrected chi connectivity index (χ4v) is 13.8. The van der Waals surface area contributed by atoms with Crippen molar-refractivity contribution >= 4 is 34.4 Å². The lowest BCUT2D eigenvalue weighted by Gasteiger charge is -2.61. The summed E-state index contributed by atoms with van der Waals surface area (Å²) in [4.78, 5) is 2.54.